The molecule has 2 rings (SSSR count). The predicted molar refractivity (Wildman–Crippen MR) is 64.2 cm³/mol. The second kappa shape index (κ2) is 4.73. The second-order valence-corrected chi connectivity index (χ2v) is 4.69. The van der Waals surface area contributed by atoms with Crippen LogP contribution >= 0.6 is 11.3 Å². The van der Waals surface area contributed by atoms with E-state index in [2.05, 4.69) is 24.0 Å². The molecule has 1 atom stereocenters. The summed E-state index contributed by atoms with van der Waals surface area (Å²) in [5.74, 6) is 0. The van der Waals surface area contributed by atoms with Crippen molar-refractivity contribution in [3.63, 3.8) is 0 Å². The van der Waals surface area contributed by atoms with E-state index in [-0.39, 0.29) is 6.10 Å². The van der Waals surface area contributed by atoms with Gasteiger partial charge in [-0.2, -0.15) is 0 Å². The van der Waals surface area contributed by atoms with Crippen LogP contribution in [0.3, 0.4) is 0 Å². The zero-order valence-corrected chi connectivity index (χ0v) is 9.63. The van der Waals surface area contributed by atoms with Crippen LogP contribution in [0.15, 0.2) is 23.7 Å². The van der Waals surface area contributed by atoms with Crippen molar-refractivity contribution in [2.75, 3.05) is 0 Å². The normalized spacial score (nSPS) is 13.2. The summed E-state index contributed by atoms with van der Waals surface area (Å²) in [6, 6.07) is 6.21. The third kappa shape index (κ3) is 2.55. The molecule has 1 unspecified atom stereocenters. The number of hydrogen-bond donors (Lipinski definition) is 1. The molecule has 0 aliphatic heterocycles. The third-order valence-corrected chi connectivity index (χ3v) is 3.28. The van der Waals surface area contributed by atoms with Crippen molar-refractivity contribution in [3.05, 3.63) is 29.3 Å². The van der Waals surface area contributed by atoms with Crippen molar-refractivity contribution in [2.45, 2.75) is 32.3 Å². The minimum Gasteiger partial charge on any atom is -0.393 e. The van der Waals surface area contributed by atoms with Crippen LogP contribution in [0.1, 0.15) is 25.3 Å². The monoisotopic (exact) mass is 221 g/mol. The lowest BCUT2D eigenvalue weighted by molar-refractivity contribution is 0.164. The van der Waals surface area contributed by atoms with Crippen molar-refractivity contribution < 1.29 is 5.11 Å². The minimum atomic E-state index is -0.208. The lowest BCUT2D eigenvalue weighted by atomic mass is 10.0. The molecule has 3 heteroatoms. The molecule has 0 amide bonds. The fraction of sp³-hybridized carbons (Fsp3) is 0.417. The predicted octanol–water partition coefficient (Wildman–Crippen LogP) is 3.00. The summed E-state index contributed by atoms with van der Waals surface area (Å²) in [5, 5.41) is 9.71. The highest BCUT2D eigenvalue weighted by Crippen LogP contribution is 2.20. The van der Waals surface area contributed by atoms with Gasteiger partial charge in [-0.25, -0.2) is 4.98 Å². The number of aliphatic hydroxyl groups excluding tert-OH is 1. The first-order valence-electron chi connectivity index (χ1n) is 5.30. The van der Waals surface area contributed by atoms with E-state index < -0.39 is 0 Å². The SMILES string of the molecule is CCCC(O)Cc1ccc2ncsc2c1. The van der Waals surface area contributed by atoms with Gasteiger partial charge in [0.05, 0.1) is 21.8 Å². The number of aliphatic hydroxyl groups is 1. The molecule has 80 valence electrons. The maximum atomic E-state index is 9.71. The van der Waals surface area contributed by atoms with Gasteiger partial charge in [0, 0.05) is 0 Å². The van der Waals surface area contributed by atoms with Crippen LogP contribution in [-0.4, -0.2) is 16.2 Å². The van der Waals surface area contributed by atoms with Crippen LogP contribution in [0.5, 0.6) is 0 Å². The number of thiazole rings is 1. The van der Waals surface area contributed by atoms with E-state index in [1.54, 1.807) is 11.3 Å². The standard InChI is InChI=1S/C12H15NOS/c1-2-3-10(14)6-9-4-5-11-12(7-9)15-8-13-11/h4-5,7-8,10,14H,2-3,6H2,1H3. The van der Waals surface area contributed by atoms with Crippen molar-refractivity contribution >= 4 is 21.6 Å². The van der Waals surface area contributed by atoms with Gasteiger partial charge in [-0.15, -0.1) is 11.3 Å². The molecule has 1 aromatic carbocycles. The van der Waals surface area contributed by atoms with E-state index in [1.807, 2.05) is 11.6 Å². The van der Waals surface area contributed by atoms with E-state index >= 15 is 0 Å². The molecule has 0 aliphatic rings. The Balaban J connectivity index is 2.14. The quantitative estimate of drug-likeness (QED) is 0.861. The molecule has 1 aromatic heterocycles. The Morgan fingerprint density at radius 3 is 3.13 bits per heavy atom. The number of rotatable bonds is 4. The highest BCUT2D eigenvalue weighted by atomic mass is 32.1. The molecule has 1 heterocycles. The molecular weight excluding hydrogens is 206 g/mol. The van der Waals surface area contributed by atoms with Crippen molar-refractivity contribution in [1.82, 2.24) is 4.98 Å². The van der Waals surface area contributed by atoms with Gasteiger partial charge in [0.15, 0.2) is 0 Å². The Labute approximate surface area is 93.6 Å². The summed E-state index contributed by atoms with van der Waals surface area (Å²) >= 11 is 1.65. The van der Waals surface area contributed by atoms with E-state index in [1.165, 1.54) is 10.3 Å². The maximum Gasteiger partial charge on any atom is 0.0812 e. The second-order valence-electron chi connectivity index (χ2n) is 3.80. The summed E-state index contributed by atoms with van der Waals surface area (Å²) in [7, 11) is 0. The molecule has 0 fully saturated rings. The number of nitrogens with zero attached hydrogens (tertiary/aromatic N) is 1. The smallest absolute Gasteiger partial charge is 0.0812 e. The lowest BCUT2D eigenvalue weighted by Gasteiger charge is -2.08. The Bertz CT molecular complexity index is 438. The fourth-order valence-corrected chi connectivity index (χ4v) is 2.47. The first-order chi connectivity index (χ1) is 7.29. The third-order valence-electron chi connectivity index (χ3n) is 2.49. The van der Waals surface area contributed by atoms with Crippen molar-refractivity contribution in [3.8, 4) is 0 Å². The Kier molecular flexibility index (Phi) is 3.34. The summed E-state index contributed by atoms with van der Waals surface area (Å²) in [6.07, 6.45) is 2.45. The van der Waals surface area contributed by atoms with Crippen LogP contribution in [-0.2, 0) is 6.42 Å². The van der Waals surface area contributed by atoms with Crippen LogP contribution in [0.25, 0.3) is 10.2 Å². The van der Waals surface area contributed by atoms with Gasteiger partial charge in [-0.05, 0) is 30.5 Å². The van der Waals surface area contributed by atoms with Gasteiger partial charge < -0.3 is 5.11 Å². The van der Waals surface area contributed by atoms with Gasteiger partial charge in [0.2, 0.25) is 0 Å². The van der Waals surface area contributed by atoms with Crippen LogP contribution in [0.2, 0.25) is 0 Å². The average molecular weight is 221 g/mol. The molecule has 0 saturated carbocycles. The summed E-state index contributed by atoms with van der Waals surface area (Å²) < 4.78 is 1.20. The van der Waals surface area contributed by atoms with E-state index in [0.29, 0.717) is 0 Å². The maximum absolute atomic E-state index is 9.71. The van der Waals surface area contributed by atoms with Gasteiger partial charge in [0.25, 0.3) is 0 Å². The number of benzene rings is 1. The number of aromatic nitrogens is 1. The van der Waals surface area contributed by atoms with Gasteiger partial charge >= 0.3 is 0 Å². The fourth-order valence-electron chi connectivity index (χ4n) is 1.73. The Morgan fingerprint density at radius 1 is 1.47 bits per heavy atom. The highest BCUT2D eigenvalue weighted by molar-refractivity contribution is 7.16. The molecular formula is C12H15NOS. The first-order valence-corrected chi connectivity index (χ1v) is 6.17. The van der Waals surface area contributed by atoms with Crippen LogP contribution < -0.4 is 0 Å². The number of fused-ring (bicyclic) bond motifs is 1. The molecule has 2 aromatic rings. The van der Waals surface area contributed by atoms with E-state index in [0.717, 1.165) is 24.8 Å². The zero-order chi connectivity index (χ0) is 10.7. The van der Waals surface area contributed by atoms with Gasteiger partial charge in [0.1, 0.15) is 0 Å². The Morgan fingerprint density at radius 2 is 2.33 bits per heavy atom. The molecule has 0 radical (unpaired) electrons. The van der Waals surface area contributed by atoms with Crippen LogP contribution in [0, 0.1) is 0 Å². The van der Waals surface area contributed by atoms with Crippen molar-refractivity contribution in [2.24, 2.45) is 0 Å². The average Bonchev–Trinajstić information content (AvgIpc) is 2.65. The molecule has 0 bridgehead atoms. The lowest BCUT2D eigenvalue weighted by Crippen LogP contribution is -2.09. The van der Waals surface area contributed by atoms with Crippen molar-refractivity contribution in [1.29, 1.82) is 0 Å². The molecule has 0 saturated heterocycles. The summed E-state index contributed by atoms with van der Waals surface area (Å²) in [4.78, 5) is 4.23. The topological polar surface area (TPSA) is 33.1 Å². The molecule has 15 heavy (non-hydrogen) atoms. The minimum absolute atomic E-state index is 0.208. The highest BCUT2D eigenvalue weighted by Gasteiger charge is 2.05. The van der Waals surface area contributed by atoms with Gasteiger partial charge in [-0.1, -0.05) is 19.4 Å². The van der Waals surface area contributed by atoms with Crippen LogP contribution in [0.4, 0.5) is 0 Å². The van der Waals surface area contributed by atoms with E-state index in [4.69, 9.17) is 0 Å². The summed E-state index contributed by atoms with van der Waals surface area (Å²) in [6.45, 7) is 2.09. The van der Waals surface area contributed by atoms with Gasteiger partial charge in [-0.3, -0.25) is 0 Å². The van der Waals surface area contributed by atoms with E-state index in [9.17, 15) is 5.11 Å². The summed E-state index contributed by atoms with van der Waals surface area (Å²) in [5.41, 5.74) is 4.11. The Hall–Kier alpha value is -0.930. The first kappa shape index (κ1) is 10.6. The molecule has 0 spiro atoms. The molecule has 1 N–H and O–H groups in total. The zero-order valence-electron chi connectivity index (χ0n) is 8.81. The largest absolute Gasteiger partial charge is 0.393 e. The molecule has 2 nitrogen and oxygen atoms in total. The number of hydrogen-bond acceptors (Lipinski definition) is 3. The molecule has 0 aliphatic carbocycles.